The highest BCUT2D eigenvalue weighted by Crippen LogP contribution is 2.37. The first-order chi connectivity index (χ1) is 28.1. The lowest BCUT2D eigenvalue weighted by atomic mass is 10.2. The molecule has 20 heteroatoms. The van der Waals surface area contributed by atoms with Gasteiger partial charge in [0.2, 0.25) is 11.8 Å². The van der Waals surface area contributed by atoms with Crippen molar-refractivity contribution in [2.24, 2.45) is 0 Å². The Kier molecular flexibility index (Phi) is 19.8. The summed E-state index contributed by atoms with van der Waals surface area (Å²) in [6, 6.07) is 22.4. The van der Waals surface area contributed by atoms with Gasteiger partial charge in [-0.2, -0.15) is 0 Å². The van der Waals surface area contributed by atoms with E-state index >= 15 is 0 Å². The van der Waals surface area contributed by atoms with E-state index < -0.39 is 72.4 Å². The van der Waals surface area contributed by atoms with Crippen molar-refractivity contribution in [3.8, 4) is 11.5 Å². The van der Waals surface area contributed by atoms with Crippen LogP contribution in [-0.2, 0) is 33.5 Å². The zero-order chi connectivity index (χ0) is 43.5. The quantitative estimate of drug-likeness (QED) is 0.0960. The maximum absolute atomic E-state index is 13.1. The highest BCUT2D eigenvalue weighted by molar-refractivity contribution is 8.23. The van der Waals surface area contributed by atoms with Crippen LogP contribution in [-0.4, -0.2) is 86.2 Å². The lowest BCUT2D eigenvalue weighted by Crippen LogP contribution is -2.49. The van der Waals surface area contributed by atoms with Gasteiger partial charge in [0.05, 0.1) is 7.11 Å². The van der Waals surface area contributed by atoms with E-state index in [-0.39, 0.29) is 18.9 Å². The van der Waals surface area contributed by atoms with Crippen molar-refractivity contribution in [1.82, 2.24) is 10.6 Å². The average Bonchev–Trinajstić information content (AvgIpc) is 3.22. The van der Waals surface area contributed by atoms with E-state index in [0.29, 0.717) is 28.1 Å². The van der Waals surface area contributed by atoms with Gasteiger partial charge in [0.15, 0.2) is 13.2 Å². The molecule has 0 fully saturated rings. The second-order valence-corrected chi connectivity index (χ2v) is 14.1. The van der Waals surface area contributed by atoms with Gasteiger partial charge in [-0.25, -0.2) is 8.78 Å². The number of esters is 1. The topological polar surface area (TPSA) is 181 Å². The maximum Gasteiger partial charge on any atom is 0.325 e. The third-order valence-corrected chi connectivity index (χ3v) is 9.78. The predicted molar refractivity (Wildman–Crippen MR) is 220 cm³/mol. The standard InChI is InChI=1S/C20H20F2N2O5.C19H18Cl2N2O5S2/c1-13(23-18(25)12-29-17-9-14(21)8-15(22)10-17)20(27)24(11-19(26)28-2)16-6-4-3-5-7-16;1-12(19(27)23(10-18(25)26)13-5-3-2-4-6-13)22-17(24)11-28-14-7-8-15(29-20)16(9-14)30-21/h3-10,13H,11-12H2,1-2H3,(H,23,25);2-9,12H,10-11H2,1H3,(H,22,24)(H,25,26)/t13-;12-/m00/s1. The van der Waals surface area contributed by atoms with Crippen molar-refractivity contribution in [2.75, 3.05) is 43.2 Å². The molecule has 14 nitrogen and oxygen atoms in total. The van der Waals surface area contributed by atoms with Crippen LogP contribution >= 0.6 is 43.3 Å². The summed E-state index contributed by atoms with van der Waals surface area (Å²) in [5.74, 6) is -5.54. The third kappa shape index (κ3) is 16.0. The molecule has 0 aliphatic heterocycles. The van der Waals surface area contributed by atoms with E-state index in [0.717, 1.165) is 43.9 Å². The number of aliphatic carboxylic acids is 1. The summed E-state index contributed by atoms with van der Waals surface area (Å²) in [7, 11) is 14.7. The van der Waals surface area contributed by atoms with Crippen LogP contribution in [0.15, 0.2) is 107 Å². The van der Waals surface area contributed by atoms with Gasteiger partial charge >= 0.3 is 11.9 Å². The minimum absolute atomic E-state index is 0.159. The molecule has 4 aromatic carbocycles. The van der Waals surface area contributed by atoms with Gasteiger partial charge in [-0.3, -0.25) is 38.6 Å². The number of anilines is 2. The molecule has 0 aromatic heterocycles. The number of benzene rings is 4. The Bertz CT molecular complexity index is 2060. The van der Waals surface area contributed by atoms with E-state index in [9.17, 15) is 37.5 Å². The number of amides is 4. The van der Waals surface area contributed by atoms with Crippen molar-refractivity contribution in [2.45, 2.75) is 35.7 Å². The number of hydrogen-bond donors (Lipinski definition) is 3. The number of ether oxygens (including phenoxy) is 3. The smallest absolute Gasteiger partial charge is 0.325 e. The Morgan fingerprint density at radius 2 is 1.12 bits per heavy atom. The molecule has 0 aliphatic carbocycles. The molecule has 2 atom stereocenters. The fourth-order valence-corrected chi connectivity index (χ4v) is 6.78. The fourth-order valence-electron chi connectivity index (χ4n) is 4.91. The summed E-state index contributed by atoms with van der Waals surface area (Å²) in [6.45, 7) is 1.18. The molecule has 4 rings (SSSR count). The molecule has 314 valence electrons. The first-order valence-corrected chi connectivity index (χ1v) is 20.5. The summed E-state index contributed by atoms with van der Waals surface area (Å²) in [4.78, 5) is 76.3. The van der Waals surface area contributed by atoms with Crippen molar-refractivity contribution in [3.63, 3.8) is 0 Å². The second kappa shape index (κ2) is 24.4. The number of carboxylic acid groups (broad SMARTS) is 1. The van der Waals surface area contributed by atoms with Crippen LogP contribution < -0.4 is 29.9 Å². The maximum atomic E-state index is 13.1. The number of para-hydroxylation sites is 2. The SMILES string of the molecule is COC(=O)CN(C(=O)[C@H](C)NC(=O)COc1cc(F)cc(F)c1)c1ccccc1.C[C@H](NC(=O)COc1ccc(SCl)c(SCl)c1)C(=O)N(CC(=O)O)c1ccccc1. The monoisotopic (exact) mass is 894 g/mol. The van der Waals surface area contributed by atoms with Crippen molar-refractivity contribution in [1.29, 1.82) is 0 Å². The van der Waals surface area contributed by atoms with Crippen LogP contribution in [0, 0.1) is 11.6 Å². The molecule has 0 spiro atoms. The number of rotatable bonds is 18. The van der Waals surface area contributed by atoms with Gasteiger partial charge in [-0.05, 0) is 99.6 Å². The first-order valence-electron chi connectivity index (χ1n) is 17.2. The molecule has 59 heavy (non-hydrogen) atoms. The molecule has 0 heterocycles. The highest BCUT2D eigenvalue weighted by atomic mass is 35.7. The number of hydrogen-bond acceptors (Lipinski definition) is 11. The molecular weight excluding hydrogens is 857 g/mol. The van der Waals surface area contributed by atoms with Crippen LogP contribution in [0.1, 0.15) is 13.8 Å². The molecule has 0 aliphatic rings. The van der Waals surface area contributed by atoms with Gasteiger partial charge in [-0.1, -0.05) is 36.4 Å². The van der Waals surface area contributed by atoms with Crippen LogP contribution in [0.5, 0.6) is 11.5 Å². The molecule has 0 saturated heterocycles. The van der Waals surface area contributed by atoms with Gasteiger partial charge in [0, 0.05) is 39.4 Å². The number of halogens is 4. The van der Waals surface area contributed by atoms with Gasteiger partial charge in [0.1, 0.15) is 48.3 Å². The zero-order valence-corrected chi connectivity index (χ0v) is 34.7. The van der Waals surface area contributed by atoms with Crippen molar-refractivity contribution >= 4 is 90.3 Å². The largest absolute Gasteiger partial charge is 0.484 e. The molecule has 0 unspecified atom stereocenters. The third-order valence-electron chi connectivity index (χ3n) is 7.63. The first kappa shape index (κ1) is 47.8. The molecular formula is C39H38Cl2F2N4O10S2. The van der Waals surface area contributed by atoms with Gasteiger partial charge in [0.25, 0.3) is 11.8 Å². The van der Waals surface area contributed by atoms with Gasteiger partial charge in [-0.15, -0.1) is 0 Å². The van der Waals surface area contributed by atoms with E-state index in [4.69, 9.17) is 35.9 Å². The van der Waals surface area contributed by atoms with Crippen LogP contribution in [0.2, 0.25) is 0 Å². The average molecular weight is 896 g/mol. The minimum atomic E-state index is -1.17. The Morgan fingerprint density at radius 1 is 0.661 bits per heavy atom. The fraction of sp³-hybridized carbons (Fsp3) is 0.231. The Morgan fingerprint density at radius 3 is 1.56 bits per heavy atom. The van der Waals surface area contributed by atoms with Crippen LogP contribution in [0.3, 0.4) is 0 Å². The number of methoxy groups -OCH3 is 1. The molecule has 0 radical (unpaired) electrons. The van der Waals surface area contributed by atoms with E-state index in [1.54, 1.807) is 78.9 Å². The van der Waals surface area contributed by atoms with E-state index in [1.165, 1.54) is 25.9 Å². The molecule has 4 aromatic rings. The normalized spacial score (nSPS) is 11.4. The lowest BCUT2D eigenvalue weighted by molar-refractivity contribution is -0.140. The predicted octanol–water partition coefficient (Wildman–Crippen LogP) is 6.23. The minimum Gasteiger partial charge on any atom is -0.484 e. The second-order valence-electron chi connectivity index (χ2n) is 12.0. The molecule has 4 amide bonds. The van der Waals surface area contributed by atoms with Crippen molar-refractivity contribution in [3.05, 3.63) is 109 Å². The molecule has 0 saturated carbocycles. The van der Waals surface area contributed by atoms with E-state index in [2.05, 4.69) is 15.4 Å². The van der Waals surface area contributed by atoms with Crippen LogP contribution in [0.4, 0.5) is 20.2 Å². The summed E-state index contributed by atoms with van der Waals surface area (Å²) in [5.41, 5.74) is 0.876. The van der Waals surface area contributed by atoms with Crippen molar-refractivity contribution < 1.29 is 56.9 Å². The Labute approximate surface area is 355 Å². The number of carbonyl (C=O) groups is 6. The summed E-state index contributed by atoms with van der Waals surface area (Å²) in [5, 5.41) is 14.1. The number of nitrogens with one attached hydrogen (secondary N) is 2. The van der Waals surface area contributed by atoms with Gasteiger partial charge < -0.3 is 30.0 Å². The molecule has 0 bridgehead atoms. The summed E-state index contributed by atoms with van der Waals surface area (Å²) in [6.07, 6.45) is 0. The number of carboxylic acids is 1. The number of nitrogens with zero attached hydrogens (tertiary/aromatic N) is 2. The van der Waals surface area contributed by atoms with Crippen LogP contribution in [0.25, 0.3) is 0 Å². The highest BCUT2D eigenvalue weighted by Gasteiger charge is 2.27. The summed E-state index contributed by atoms with van der Waals surface area (Å²) < 4.78 is 41.4. The lowest BCUT2D eigenvalue weighted by Gasteiger charge is -2.25. The Hall–Kier alpha value is -5.56. The Balaban J connectivity index is 0.000000316. The van der Waals surface area contributed by atoms with E-state index in [1.807, 2.05) is 0 Å². The summed E-state index contributed by atoms with van der Waals surface area (Å²) >= 11 is 0. The zero-order valence-electron chi connectivity index (χ0n) is 31.6. The number of carbonyl (C=O) groups excluding carboxylic acids is 5. The molecule has 3 N–H and O–H groups in total.